The Balaban J connectivity index is 1.45. The van der Waals surface area contributed by atoms with E-state index in [1.807, 2.05) is 30.3 Å². The number of carboxylic acids is 1. The predicted octanol–water partition coefficient (Wildman–Crippen LogP) is 2.49. The summed E-state index contributed by atoms with van der Waals surface area (Å²) in [5.41, 5.74) is 2.45. The normalized spacial score (nSPS) is 12.7. The number of aromatic amines is 1. The number of ether oxygens (including phenoxy) is 1. The Labute approximate surface area is 178 Å². The third kappa shape index (κ3) is 6.14. The molecule has 5 N–H and O–H groups in total. The Hall–Kier alpha value is -3.69. The molecule has 162 valence electrons. The van der Waals surface area contributed by atoms with Gasteiger partial charge >= 0.3 is 12.1 Å². The second-order valence-electron chi connectivity index (χ2n) is 6.88. The Morgan fingerprint density at radius 1 is 1.06 bits per heavy atom. The standard InChI is InChI=1S/C22H23N3O6/c26-19(10-11-23-22(30)31-13-14-4-2-1-3-5-14)20(27)16-8-6-15(7-9-16)17-12-18(21(28)29)25-24-17/h1-9,12,19-20,26-27H,10-11,13H2,(H,23,30)(H,24,25)(H,28,29). The minimum absolute atomic E-state index is 0.0238. The van der Waals surface area contributed by atoms with Crippen LogP contribution in [0.15, 0.2) is 60.7 Å². The second kappa shape index (κ2) is 10.4. The molecule has 0 bridgehead atoms. The van der Waals surface area contributed by atoms with Crippen molar-refractivity contribution in [3.8, 4) is 11.3 Å². The van der Waals surface area contributed by atoms with Crippen molar-refractivity contribution in [2.45, 2.75) is 25.2 Å². The maximum absolute atomic E-state index is 11.7. The molecule has 9 nitrogen and oxygen atoms in total. The highest BCUT2D eigenvalue weighted by Gasteiger charge is 2.19. The van der Waals surface area contributed by atoms with Crippen LogP contribution in [0, 0.1) is 0 Å². The summed E-state index contributed by atoms with van der Waals surface area (Å²) >= 11 is 0. The van der Waals surface area contributed by atoms with Crippen molar-refractivity contribution >= 4 is 12.1 Å². The van der Waals surface area contributed by atoms with Gasteiger partial charge in [0.25, 0.3) is 0 Å². The number of nitrogens with one attached hydrogen (secondary N) is 2. The van der Waals surface area contributed by atoms with Gasteiger partial charge in [0.2, 0.25) is 0 Å². The van der Waals surface area contributed by atoms with Crippen LogP contribution in [0.25, 0.3) is 11.3 Å². The number of amides is 1. The second-order valence-corrected chi connectivity index (χ2v) is 6.88. The minimum Gasteiger partial charge on any atom is -0.477 e. The van der Waals surface area contributed by atoms with Crippen molar-refractivity contribution < 1.29 is 29.6 Å². The number of alkyl carbamates (subject to hydrolysis) is 1. The van der Waals surface area contributed by atoms with E-state index in [-0.39, 0.29) is 25.3 Å². The maximum atomic E-state index is 11.7. The monoisotopic (exact) mass is 425 g/mol. The van der Waals surface area contributed by atoms with Crippen molar-refractivity contribution in [2.75, 3.05) is 6.54 Å². The summed E-state index contributed by atoms with van der Waals surface area (Å²) in [4.78, 5) is 22.7. The van der Waals surface area contributed by atoms with E-state index < -0.39 is 24.3 Å². The van der Waals surface area contributed by atoms with E-state index in [2.05, 4.69) is 15.5 Å². The molecule has 0 spiro atoms. The third-order valence-corrected chi connectivity index (χ3v) is 4.64. The quantitative estimate of drug-likeness (QED) is 0.354. The maximum Gasteiger partial charge on any atom is 0.407 e. The van der Waals surface area contributed by atoms with E-state index in [0.29, 0.717) is 16.8 Å². The lowest BCUT2D eigenvalue weighted by Gasteiger charge is -2.18. The molecule has 1 amide bonds. The van der Waals surface area contributed by atoms with Gasteiger partial charge in [0.15, 0.2) is 0 Å². The molecule has 3 rings (SSSR count). The fourth-order valence-electron chi connectivity index (χ4n) is 2.91. The van der Waals surface area contributed by atoms with Crippen molar-refractivity contribution in [3.63, 3.8) is 0 Å². The molecule has 0 aliphatic heterocycles. The van der Waals surface area contributed by atoms with Crippen LogP contribution in [-0.2, 0) is 11.3 Å². The molecule has 0 fully saturated rings. The lowest BCUT2D eigenvalue weighted by Crippen LogP contribution is -2.29. The third-order valence-electron chi connectivity index (χ3n) is 4.64. The number of carbonyl (C=O) groups excluding carboxylic acids is 1. The molecule has 0 saturated carbocycles. The molecule has 0 aliphatic rings. The first-order valence-corrected chi connectivity index (χ1v) is 9.64. The Kier molecular flexibility index (Phi) is 7.36. The number of carbonyl (C=O) groups is 2. The van der Waals surface area contributed by atoms with Gasteiger partial charge in [-0.15, -0.1) is 0 Å². The summed E-state index contributed by atoms with van der Waals surface area (Å²) in [7, 11) is 0. The van der Waals surface area contributed by atoms with E-state index in [9.17, 15) is 19.8 Å². The average molecular weight is 425 g/mol. The van der Waals surface area contributed by atoms with Crippen molar-refractivity contribution in [1.29, 1.82) is 0 Å². The first-order chi connectivity index (χ1) is 14.9. The molecule has 2 atom stereocenters. The fourth-order valence-corrected chi connectivity index (χ4v) is 2.91. The van der Waals surface area contributed by atoms with Crippen LogP contribution in [0.5, 0.6) is 0 Å². The number of aliphatic hydroxyl groups excluding tert-OH is 2. The van der Waals surface area contributed by atoms with Crippen molar-refractivity contribution in [2.24, 2.45) is 0 Å². The molecule has 1 heterocycles. The summed E-state index contributed by atoms with van der Waals surface area (Å²) in [5, 5.41) is 38.4. The molecular formula is C22H23N3O6. The Morgan fingerprint density at radius 3 is 2.42 bits per heavy atom. The number of carboxylic acid groups (broad SMARTS) is 1. The van der Waals surface area contributed by atoms with E-state index in [1.54, 1.807) is 24.3 Å². The molecule has 3 aromatic rings. The highest BCUT2D eigenvalue weighted by atomic mass is 16.5. The minimum atomic E-state index is -1.15. The fraction of sp³-hybridized carbons (Fsp3) is 0.227. The topological polar surface area (TPSA) is 145 Å². The number of hydrogen-bond acceptors (Lipinski definition) is 6. The Bertz CT molecular complexity index is 1000. The Morgan fingerprint density at radius 2 is 1.77 bits per heavy atom. The number of rotatable bonds is 9. The number of H-pyrrole nitrogens is 1. The lowest BCUT2D eigenvalue weighted by atomic mass is 10.00. The average Bonchev–Trinajstić information content (AvgIpc) is 3.29. The van der Waals surface area contributed by atoms with E-state index >= 15 is 0 Å². The van der Waals surface area contributed by atoms with Gasteiger partial charge in [-0.1, -0.05) is 54.6 Å². The van der Waals surface area contributed by atoms with Crippen LogP contribution >= 0.6 is 0 Å². The zero-order valence-corrected chi connectivity index (χ0v) is 16.6. The highest BCUT2D eigenvalue weighted by Crippen LogP contribution is 2.23. The number of aromatic carboxylic acids is 1. The molecule has 9 heteroatoms. The van der Waals surface area contributed by atoms with Gasteiger partial charge in [-0.3, -0.25) is 5.10 Å². The number of aliphatic hydroxyl groups is 2. The number of aromatic nitrogens is 2. The van der Waals surface area contributed by atoms with Crippen LogP contribution in [0.4, 0.5) is 4.79 Å². The van der Waals surface area contributed by atoms with Gasteiger partial charge < -0.3 is 25.4 Å². The lowest BCUT2D eigenvalue weighted by molar-refractivity contribution is 0.0136. The van der Waals surface area contributed by atoms with Crippen molar-refractivity contribution in [1.82, 2.24) is 15.5 Å². The molecule has 2 aromatic carbocycles. The van der Waals surface area contributed by atoms with Crippen LogP contribution in [0.1, 0.15) is 34.1 Å². The van der Waals surface area contributed by atoms with Crippen LogP contribution in [0.2, 0.25) is 0 Å². The molecule has 0 radical (unpaired) electrons. The largest absolute Gasteiger partial charge is 0.477 e. The summed E-state index contributed by atoms with van der Waals surface area (Å²) < 4.78 is 5.09. The number of benzene rings is 2. The molecule has 31 heavy (non-hydrogen) atoms. The SMILES string of the molecule is O=C(NCCC(O)C(O)c1ccc(-c2cc(C(=O)O)[nH]n2)cc1)OCc1ccccc1. The molecule has 0 saturated heterocycles. The van der Waals surface area contributed by atoms with Crippen LogP contribution in [0.3, 0.4) is 0 Å². The smallest absolute Gasteiger partial charge is 0.407 e. The molecule has 1 aromatic heterocycles. The molecule has 2 unspecified atom stereocenters. The van der Waals surface area contributed by atoms with Crippen LogP contribution < -0.4 is 5.32 Å². The van der Waals surface area contributed by atoms with E-state index in [1.165, 1.54) is 6.07 Å². The van der Waals surface area contributed by atoms with Gasteiger partial charge in [0.1, 0.15) is 18.4 Å². The molecule has 0 aliphatic carbocycles. The number of nitrogens with zero attached hydrogens (tertiary/aromatic N) is 1. The summed E-state index contributed by atoms with van der Waals surface area (Å²) in [6, 6.07) is 17.3. The summed E-state index contributed by atoms with van der Waals surface area (Å²) in [6.07, 6.45) is -2.71. The van der Waals surface area contributed by atoms with Crippen LogP contribution in [-0.4, -0.2) is 50.2 Å². The number of hydrogen-bond donors (Lipinski definition) is 5. The highest BCUT2D eigenvalue weighted by molar-refractivity contribution is 5.86. The molecular weight excluding hydrogens is 402 g/mol. The van der Waals surface area contributed by atoms with Gasteiger partial charge in [-0.2, -0.15) is 5.10 Å². The first-order valence-electron chi connectivity index (χ1n) is 9.64. The zero-order chi connectivity index (χ0) is 22.2. The zero-order valence-electron chi connectivity index (χ0n) is 16.6. The summed E-state index contributed by atoms with van der Waals surface area (Å²) in [6.45, 7) is 0.281. The summed E-state index contributed by atoms with van der Waals surface area (Å²) in [5.74, 6) is -1.11. The van der Waals surface area contributed by atoms with Gasteiger partial charge in [-0.05, 0) is 23.6 Å². The predicted molar refractivity (Wildman–Crippen MR) is 111 cm³/mol. The van der Waals surface area contributed by atoms with Crippen molar-refractivity contribution in [3.05, 3.63) is 77.5 Å². The van der Waals surface area contributed by atoms with Gasteiger partial charge in [-0.25, -0.2) is 9.59 Å². The first kappa shape index (κ1) is 22.0. The van der Waals surface area contributed by atoms with Gasteiger partial charge in [0.05, 0.1) is 11.8 Å². The van der Waals surface area contributed by atoms with E-state index in [4.69, 9.17) is 9.84 Å². The van der Waals surface area contributed by atoms with Gasteiger partial charge in [0, 0.05) is 12.1 Å². The van der Waals surface area contributed by atoms with E-state index in [0.717, 1.165) is 5.56 Å².